The van der Waals surface area contributed by atoms with Crippen molar-refractivity contribution in [3.63, 3.8) is 0 Å². The van der Waals surface area contributed by atoms with E-state index in [2.05, 4.69) is 5.32 Å². The van der Waals surface area contributed by atoms with Crippen LogP contribution in [0.5, 0.6) is 0 Å². The van der Waals surface area contributed by atoms with E-state index in [0.717, 1.165) is 48.1 Å². The summed E-state index contributed by atoms with van der Waals surface area (Å²) < 4.78 is 24.2. The van der Waals surface area contributed by atoms with Gasteiger partial charge in [0.15, 0.2) is 9.84 Å². The predicted octanol–water partition coefficient (Wildman–Crippen LogP) is 1.73. The van der Waals surface area contributed by atoms with Crippen LogP contribution in [0.15, 0.2) is 24.3 Å². The van der Waals surface area contributed by atoms with Gasteiger partial charge in [-0.3, -0.25) is 14.5 Å². The van der Waals surface area contributed by atoms with Crippen LogP contribution < -0.4 is 5.32 Å². The Labute approximate surface area is 188 Å². The van der Waals surface area contributed by atoms with Crippen LogP contribution in [0.4, 0.5) is 4.79 Å². The van der Waals surface area contributed by atoms with E-state index < -0.39 is 21.4 Å². The largest absolute Gasteiger partial charge is 0.334 e. The lowest BCUT2D eigenvalue weighted by Crippen LogP contribution is -2.53. The highest BCUT2D eigenvalue weighted by Gasteiger charge is 2.56. The van der Waals surface area contributed by atoms with Gasteiger partial charge in [0.25, 0.3) is 5.91 Å². The minimum absolute atomic E-state index is 0.0310. The normalized spacial score (nSPS) is 29.4. The van der Waals surface area contributed by atoms with Gasteiger partial charge in [-0.15, -0.1) is 0 Å². The van der Waals surface area contributed by atoms with E-state index in [1.54, 1.807) is 4.90 Å². The van der Waals surface area contributed by atoms with E-state index in [1.807, 2.05) is 24.3 Å². The standard InChI is InChI=1S/C23H29N3O5S/c27-20(26(17-7-2-1-3-8-17)18-11-13-32(30,31)15-18)14-25-21(28)23(24-22(25)29)12-10-16-6-4-5-9-19(16)23/h4-6,9,17-18H,1-3,7-8,10-15H2,(H,24,29). The third-order valence-electron chi connectivity index (χ3n) is 7.57. The highest BCUT2D eigenvalue weighted by atomic mass is 32.2. The van der Waals surface area contributed by atoms with Crippen molar-refractivity contribution in [3.8, 4) is 0 Å². The lowest BCUT2D eigenvalue weighted by Gasteiger charge is -2.38. The molecule has 2 aliphatic carbocycles. The lowest BCUT2D eigenvalue weighted by atomic mass is 9.91. The molecule has 5 rings (SSSR count). The zero-order chi connectivity index (χ0) is 22.5. The molecule has 2 heterocycles. The minimum Gasteiger partial charge on any atom is -0.334 e. The van der Waals surface area contributed by atoms with Crippen molar-refractivity contribution in [2.75, 3.05) is 18.1 Å². The van der Waals surface area contributed by atoms with Crippen LogP contribution in [0, 0.1) is 0 Å². The predicted molar refractivity (Wildman–Crippen MR) is 117 cm³/mol. The maximum absolute atomic E-state index is 13.5. The molecule has 3 fully saturated rings. The van der Waals surface area contributed by atoms with Gasteiger partial charge < -0.3 is 10.2 Å². The molecule has 1 aromatic rings. The number of hydrogen-bond acceptors (Lipinski definition) is 5. The molecule has 2 atom stereocenters. The van der Waals surface area contributed by atoms with E-state index in [1.165, 1.54) is 0 Å². The fourth-order valence-corrected chi connectivity index (χ4v) is 7.72. The summed E-state index contributed by atoms with van der Waals surface area (Å²) in [5.41, 5.74) is 0.744. The summed E-state index contributed by atoms with van der Waals surface area (Å²) in [7, 11) is -3.17. The number of carbonyl (C=O) groups is 3. The summed E-state index contributed by atoms with van der Waals surface area (Å²) in [6.07, 6.45) is 6.36. The molecule has 2 unspecified atom stereocenters. The molecule has 172 valence electrons. The fraction of sp³-hybridized carbons (Fsp3) is 0.609. The van der Waals surface area contributed by atoms with E-state index in [-0.39, 0.29) is 41.9 Å². The number of aryl methyl sites for hydroxylation is 1. The minimum atomic E-state index is -3.17. The van der Waals surface area contributed by atoms with E-state index >= 15 is 0 Å². The number of hydrogen-bond donors (Lipinski definition) is 1. The number of fused-ring (bicyclic) bond motifs is 2. The van der Waals surface area contributed by atoms with Crippen LogP contribution in [-0.2, 0) is 31.4 Å². The molecule has 9 heteroatoms. The Morgan fingerprint density at radius 2 is 1.84 bits per heavy atom. The molecule has 1 saturated carbocycles. The number of carbonyl (C=O) groups excluding carboxylic acids is 3. The van der Waals surface area contributed by atoms with Crippen LogP contribution in [0.3, 0.4) is 0 Å². The van der Waals surface area contributed by atoms with Gasteiger partial charge in [0.1, 0.15) is 12.1 Å². The van der Waals surface area contributed by atoms with E-state index in [9.17, 15) is 22.8 Å². The summed E-state index contributed by atoms with van der Waals surface area (Å²) >= 11 is 0. The average Bonchev–Trinajstić information content (AvgIpc) is 3.40. The Hall–Kier alpha value is -2.42. The number of amides is 4. The Morgan fingerprint density at radius 1 is 1.09 bits per heavy atom. The second kappa shape index (κ2) is 7.86. The molecular weight excluding hydrogens is 430 g/mol. The molecule has 0 radical (unpaired) electrons. The van der Waals surface area contributed by atoms with E-state index in [4.69, 9.17) is 0 Å². The van der Waals surface area contributed by atoms with Crippen molar-refractivity contribution in [2.45, 2.75) is 69.0 Å². The van der Waals surface area contributed by atoms with E-state index in [0.29, 0.717) is 19.3 Å². The third-order valence-corrected chi connectivity index (χ3v) is 9.32. The van der Waals surface area contributed by atoms with Gasteiger partial charge in [-0.2, -0.15) is 0 Å². The first kappa shape index (κ1) is 21.4. The van der Waals surface area contributed by atoms with Crippen LogP contribution in [0.1, 0.15) is 56.1 Å². The third kappa shape index (κ3) is 3.50. The number of nitrogens with zero attached hydrogens (tertiary/aromatic N) is 2. The van der Waals surface area contributed by atoms with Gasteiger partial charge in [-0.25, -0.2) is 13.2 Å². The molecule has 1 spiro atoms. The Balaban J connectivity index is 1.39. The molecule has 1 N–H and O–H groups in total. The number of nitrogens with one attached hydrogen (secondary N) is 1. The van der Waals surface area contributed by atoms with Crippen molar-refractivity contribution in [1.29, 1.82) is 0 Å². The van der Waals surface area contributed by atoms with Crippen LogP contribution in [-0.4, -0.2) is 66.2 Å². The Bertz CT molecular complexity index is 1070. The fourth-order valence-electron chi connectivity index (χ4n) is 6.01. The van der Waals surface area contributed by atoms with Gasteiger partial charge in [-0.05, 0) is 43.2 Å². The number of urea groups is 1. The second-order valence-electron chi connectivity index (χ2n) is 9.53. The van der Waals surface area contributed by atoms with Crippen molar-refractivity contribution in [3.05, 3.63) is 35.4 Å². The molecule has 2 aliphatic heterocycles. The number of sulfone groups is 1. The van der Waals surface area contributed by atoms with Crippen molar-refractivity contribution < 1.29 is 22.8 Å². The molecule has 32 heavy (non-hydrogen) atoms. The highest BCUT2D eigenvalue weighted by Crippen LogP contribution is 2.41. The summed E-state index contributed by atoms with van der Waals surface area (Å²) in [6.45, 7) is -0.346. The molecule has 1 aromatic carbocycles. The second-order valence-corrected chi connectivity index (χ2v) is 11.8. The maximum Gasteiger partial charge on any atom is 0.325 e. The van der Waals surface area contributed by atoms with Gasteiger partial charge in [0, 0.05) is 12.1 Å². The topological polar surface area (TPSA) is 104 Å². The Kier molecular flexibility index (Phi) is 5.27. The first-order valence-corrected chi connectivity index (χ1v) is 13.4. The summed E-state index contributed by atoms with van der Waals surface area (Å²) in [4.78, 5) is 42.5. The zero-order valence-corrected chi connectivity index (χ0v) is 18.9. The molecule has 4 aliphatic rings. The first-order chi connectivity index (χ1) is 15.3. The maximum atomic E-state index is 13.5. The average molecular weight is 460 g/mol. The zero-order valence-electron chi connectivity index (χ0n) is 18.1. The van der Waals surface area contributed by atoms with Crippen LogP contribution >= 0.6 is 0 Å². The summed E-state index contributed by atoms with van der Waals surface area (Å²) in [5, 5.41) is 2.86. The first-order valence-electron chi connectivity index (χ1n) is 11.5. The highest BCUT2D eigenvalue weighted by molar-refractivity contribution is 7.91. The summed E-state index contributed by atoms with van der Waals surface area (Å²) in [6, 6.07) is 6.63. The molecule has 0 aromatic heterocycles. The quantitative estimate of drug-likeness (QED) is 0.691. The van der Waals surface area contributed by atoms with Crippen molar-refractivity contribution in [1.82, 2.24) is 15.1 Å². The number of rotatable bonds is 4. The molecular formula is C23H29N3O5S. The van der Waals surface area contributed by atoms with Crippen LogP contribution in [0.2, 0.25) is 0 Å². The number of imide groups is 1. The smallest absolute Gasteiger partial charge is 0.325 e. The van der Waals surface area contributed by atoms with Gasteiger partial charge in [-0.1, -0.05) is 43.5 Å². The molecule has 0 bridgehead atoms. The SMILES string of the molecule is O=C1NC2(CCc3ccccc32)C(=O)N1CC(=O)N(C1CCCCC1)C1CCS(=O)(=O)C1. The molecule has 8 nitrogen and oxygen atoms in total. The molecule has 4 amide bonds. The van der Waals surface area contributed by atoms with Gasteiger partial charge in [0.05, 0.1) is 11.5 Å². The van der Waals surface area contributed by atoms with Crippen molar-refractivity contribution >= 4 is 27.7 Å². The number of benzene rings is 1. The summed E-state index contributed by atoms with van der Waals surface area (Å²) in [5.74, 6) is -0.668. The van der Waals surface area contributed by atoms with Crippen molar-refractivity contribution in [2.24, 2.45) is 0 Å². The van der Waals surface area contributed by atoms with Gasteiger partial charge in [0.2, 0.25) is 5.91 Å². The lowest BCUT2D eigenvalue weighted by molar-refractivity contribution is -0.142. The van der Waals surface area contributed by atoms with Crippen LogP contribution in [0.25, 0.3) is 0 Å². The Morgan fingerprint density at radius 3 is 2.56 bits per heavy atom. The van der Waals surface area contributed by atoms with Gasteiger partial charge >= 0.3 is 6.03 Å². The molecule has 2 saturated heterocycles. The monoisotopic (exact) mass is 459 g/mol.